The average molecular weight is 320 g/mol. The zero-order valence-electron chi connectivity index (χ0n) is 12.9. The van der Waals surface area contributed by atoms with Crippen molar-refractivity contribution < 1.29 is 14.3 Å². The van der Waals surface area contributed by atoms with Crippen LogP contribution in [0.4, 0.5) is 0 Å². The van der Waals surface area contributed by atoms with Gasteiger partial charge in [-0.2, -0.15) is 0 Å². The second kappa shape index (κ2) is 6.79. The molecule has 4 nitrogen and oxygen atoms in total. The third kappa shape index (κ3) is 3.57. The van der Waals surface area contributed by atoms with Crippen molar-refractivity contribution in [2.45, 2.75) is 27.3 Å². The molecule has 22 heavy (non-hydrogen) atoms. The van der Waals surface area contributed by atoms with Crippen molar-refractivity contribution in [3.63, 3.8) is 0 Å². The van der Waals surface area contributed by atoms with Gasteiger partial charge in [0.1, 0.15) is 6.61 Å². The summed E-state index contributed by atoms with van der Waals surface area (Å²) in [6, 6.07) is 8.70. The molecule has 0 bridgehead atoms. The fourth-order valence-electron chi connectivity index (χ4n) is 2.41. The number of aryl methyl sites for hydroxylation is 1. The van der Waals surface area contributed by atoms with E-state index in [0.717, 1.165) is 11.4 Å². The Morgan fingerprint density at radius 2 is 1.82 bits per heavy atom. The average Bonchev–Trinajstić information content (AvgIpc) is 2.75. The Hall–Kier alpha value is -2.07. The van der Waals surface area contributed by atoms with Gasteiger partial charge >= 0.3 is 5.97 Å². The maximum absolute atomic E-state index is 12.6. The molecule has 0 radical (unpaired) electrons. The molecular weight excluding hydrogens is 302 g/mol. The highest BCUT2D eigenvalue weighted by Crippen LogP contribution is 2.20. The van der Waals surface area contributed by atoms with E-state index in [2.05, 4.69) is 0 Å². The molecule has 0 aliphatic rings. The van der Waals surface area contributed by atoms with Crippen molar-refractivity contribution in [1.82, 2.24) is 4.57 Å². The molecule has 0 saturated heterocycles. The summed E-state index contributed by atoms with van der Waals surface area (Å²) in [5.74, 6) is -0.344. The van der Waals surface area contributed by atoms with Gasteiger partial charge in [0.05, 0.1) is 6.54 Å². The Kier molecular flexibility index (Phi) is 5.03. The second-order valence-corrected chi connectivity index (χ2v) is 5.55. The van der Waals surface area contributed by atoms with E-state index in [1.807, 2.05) is 24.5 Å². The lowest BCUT2D eigenvalue weighted by Gasteiger charge is -2.09. The zero-order chi connectivity index (χ0) is 16.3. The summed E-state index contributed by atoms with van der Waals surface area (Å²) in [5, 5.41) is 0.600. The number of esters is 1. The minimum Gasteiger partial charge on any atom is -0.464 e. The molecule has 2 rings (SSSR count). The van der Waals surface area contributed by atoms with Crippen molar-refractivity contribution >= 4 is 23.4 Å². The smallest absolute Gasteiger partial charge is 0.302 e. The van der Waals surface area contributed by atoms with Gasteiger partial charge in [-0.3, -0.25) is 9.59 Å². The molecular formula is C17H18ClNO3. The number of ether oxygens (including phenoxy) is 1. The van der Waals surface area contributed by atoms with Gasteiger partial charge in [0.2, 0.25) is 0 Å². The van der Waals surface area contributed by atoms with Crippen LogP contribution < -0.4 is 0 Å². The summed E-state index contributed by atoms with van der Waals surface area (Å²) in [7, 11) is 0. The molecule has 0 aliphatic heterocycles. The van der Waals surface area contributed by atoms with Crippen molar-refractivity contribution in [2.75, 3.05) is 6.61 Å². The van der Waals surface area contributed by atoms with Crippen LogP contribution in [0.3, 0.4) is 0 Å². The maximum atomic E-state index is 12.6. The summed E-state index contributed by atoms with van der Waals surface area (Å²) < 4.78 is 6.94. The number of ketones is 1. The van der Waals surface area contributed by atoms with Crippen LogP contribution in [0.5, 0.6) is 0 Å². The third-order valence-electron chi connectivity index (χ3n) is 3.54. The van der Waals surface area contributed by atoms with Gasteiger partial charge < -0.3 is 9.30 Å². The number of nitrogens with zero attached hydrogens (tertiary/aromatic N) is 1. The number of hydrogen-bond donors (Lipinski definition) is 0. The molecule has 0 saturated carbocycles. The fraction of sp³-hybridized carbons (Fsp3) is 0.294. The van der Waals surface area contributed by atoms with E-state index in [4.69, 9.17) is 16.3 Å². The van der Waals surface area contributed by atoms with Crippen LogP contribution in [-0.2, 0) is 16.1 Å². The minimum absolute atomic E-state index is 0.0384. The van der Waals surface area contributed by atoms with Crippen molar-refractivity contribution in [1.29, 1.82) is 0 Å². The van der Waals surface area contributed by atoms with Crippen molar-refractivity contribution in [3.05, 3.63) is 57.9 Å². The predicted octanol–water partition coefficient (Wildman–Crippen LogP) is 3.55. The van der Waals surface area contributed by atoms with Crippen LogP contribution in [-0.4, -0.2) is 22.9 Å². The third-order valence-corrected chi connectivity index (χ3v) is 3.80. The maximum Gasteiger partial charge on any atom is 0.302 e. The number of aromatic nitrogens is 1. The van der Waals surface area contributed by atoms with Gasteiger partial charge in [0, 0.05) is 34.5 Å². The molecule has 0 spiro atoms. The molecule has 0 amide bonds. The Bertz CT molecular complexity index is 701. The number of rotatable bonds is 5. The Labute approximate surface area is 134 Å². The molecule has 1 heterocycles. The topological polar surface area (TPSA) is 48.3 Å². The predicted molar refractivity (Wildman–Crippen MR) is 85.4 cm³/mol. The molecule has 0 aliphatic carbocycles. The highest BCUT2D eigenvalue weighted by molar-refractivity contribution is 6.30. The molecule has 5 heteroatoms. The minimum atomic E-state index is -0.306. The van der Waals surface area contributed by atoms with Gasteiger partial charge in [-0.1, -0.05) is 11.6 Å². The zero-order valence-corrected chi connectivity index (χ0v) is 13.6. The fourth-order valence-corrected chi connectivity index (χ4v) is 2.54. The molecule has 0 atom stereocenters. The number of halogens is 1. The highest BCUT2D eigenvalue weighted by atomic mass is 35.5. The molecule has 2 aromatic rings. The Morgan fingerprint density at radius 3 is 2.41 bits per heavy atom. The van der Waals surface area contributed by atoms with Crippen molar-refractivity contribution in [3.8, 4) is 0 Å². The normalized spacial score (nSPS) is 10.5. The van der Waals surface area contributed by atoms with E-state index in [9.17, 15) is 9.59 Å². The lowest BCUT2D eigenvalue weighted by molar-refractivity contribution is -0.141. The second-order valence-electron chi connectivity index (χ2n) is 5.11. The van der Waals surface area contributed by atoms with E-state index < -0.39 is 0 Å². The Morgan fingerprint density at radius 1 is 1.18 bits per heavy atom. The van der Waals surface area contributed by atoms with E-state index in [-0.39, 0.29) is 11.8 Å². The van der Waals surface area contributed by atoms with Gasteiger partial charge in [0.15, 0.2) is 5.78 Å². The van der Waals surface area contributed by atoms with Crippen LogP contribution in [0, 0.1) is 13.8 Å². The molecule has 1 aromatic heterocycles. The number of carbonyl (C=O) groups is 2. The molecule has 0 unspecified atom stereocenters. The van der Waals surface area contributed by atoms with Crippen LogP contribution >= 0.6 is 11.6 Å². The Balaban J connectivity index is 2.23. The van der Waals surface area contributed by atoms with Gasteiger partial charge in [-0.25, -0.2) is 0 Å². The van der Waals surface area contributed by atoms with Crippen LogP contribution in [0.1, 0.15) is 34.2 Å². The number of hydrogen-bond acceptors (Lipinski definition) is 3. The van der Waals surface area contributed by atoms with Gasteiger partial charge in [-0.05, 0) is 44.2 Å². The first-order chi connectivity index (χ1) is 10.4. The van der Waals surface area contributed by atoms with Crippen LogP contribution in [0.25, 0.3) is 0 Å². The largest absolute Gasteiger partial charge is 0.464 e. The highest BCUT2D eigenvalue weighted by Gasteiger charge is 2.17. The first kappa shape index (κ1) is 16.3. The monoisotopic (exact) mass is 319 g/mol. The molecule has 0 N–H and O–H groups in total. The summed E-state index contributed by atoms with van der Waals surface area (Å²) in [4.78, 5) is 23.4. The van der Waals surface area contributed by atoms with E-state index in [1.165, 1.54) is 6.92 Å². The summed E-state index contributed by atoms with van der Waals surface area (Å²) >= 11 is 5.85. The van der Waals surface area contributed by atoms with E-state index in [1.54, 1.807) is 24.3 Å². The molecule has 0 fully saturated rings. The number of carbonyl (C=O) groups excluding carboxylic acids is 2. The summed E-state index contributed by atoms with van der Waals surface area (Å²) in [6.07, 6.45) is 0. The first-order valence-electron chi connectivity index (χ1n) is 7.00. The van der Waals surface area contributed by atoms with Gasteiger partial charge in [0.25, 0.3) is 0 Å². The quantitative estimate of drug-likeness (QED) is 0.625. The molecule has 116 valence electrons. The first-order valence-corrected chi connectivity index (χ1v) is 7.38. The van der Waals surface area contributed by atoms with Crippen LogP contribution in [0.15, 0.2) is 30.3 Å². The van der Waals surface area contributed by atoms with Crippen LogP contribution in [0.2, 0.25) is 5.02 Å². The summed E-state index contributed by atoms with van der Waals surface area (Å²) in [5.41, 5.74) is 3.08. The standard InChI is InChI=1S/C17H18ClNO3/c1-11-10-16(12(2)19(11)8-9-22-13(3)20)17(21)14-4-6-15(18)7-5-14/h4-7,10H,8-9H2,1-3H3. The SMILES string of the molecule is CC(=O)OCCn1c(C)cc(C(=O)c2ccc(Cl)cc2)c1C. The lowest BCUT2D eigenvalue weighted by atomic mass is 10.0. The van der Waals surface area contributed by atoms with Crippen molar-refractivity contribution in [2.24, 2.45) is 0 Å². The summed E-state index contributed by atoms with van der Waals surface area (Å²) in [6.45, 7) is 6.03. The lowest BCUT2D eigenvalue weighted by Crippen LogP contribution is -2.12. The number of benzene rings is 1. The van der Waals surface area contributed by atoms with E-state index in [0.29, 0.717) is 29.3 Å². The van der Waals surface area contributed by atoms with E-state index >= 15 is 0 Å². The molecule has 1 aromatic carbocycles. The van der Waals surface area contributed by atoms with Gasteiger partial charge in [-0.15, -0.1) is 0 Å².